The lowest BCUT2D eigenvalue weighted by Gasteiger charge is -2.23. The second kappa shape index (κ2) is 23.0. The lowest BCUT2D eigenvalue weighted by Crippen LogP contribution is -2.27. The van der Waals surface area contributed by atoms with Crippen molar-refractivity contribution < 1.29 is 29.4 Å². The van der Waals surface area contributed by atoms with Crippen molar-refractivity contribution in [2.75, 3.05) is 13.1 Å². The van der Waals surface area contributed by atoms with Gasteiger partial charge in [0.25, 0.3) is 11.8 Å². The fourth-order valence-electron chi connectivity index (χ4n) is 8.63. The minimum atomic E-state index is -1.39. The molecule has 0 aliphatic heterocycles. The van der Waals surface area contributed by atoms with E-state index in [-0.39, 0.29) is 80.0 Å². The van der Waals surface area contributed by atoms with Gasteiger partial charge < -0.3 is 20.8 Å². The van der Waals surface area contributed by atoms with E-state index in [2.05, 4.69) is 24.5 Å². The molecule has 0 atom stereocenters. The molecular weight excluding hydrogens is 842 g/mol. The maximum Gasteiger partial charge on any atom is 0.336 e. The van der Waals surface area contributed by atoms with E-state index >= 15 is 0 Å². The first-order chi connectivity index (χ1) is 28.9. The van der Waals surface area contributed by atoms with Gasteiger partial charge in [-0.2, -0.15) is 0 Å². The number of benzene rings is 5. The van der Waals surface area contributed by atoms with E-state index < -0.39 is 23.8 Å². The van der Waals surface area contributed by atoms with Crippen LogP contribution in [0.15, 0.2) is 24.3 Å². The second-order valence-electron chi connectivity index (χ2n) is 16.1. The van der Waals surface area contributed by atoms with Crippen molar-refractivity contribution in [3.05, 3.63) is 66.6 Å². The van der Waals surface area contributed by atoms with Crippen molar-refractivity contribution in [3.8, 4) is 0 Å². The molecule has 324 valence electrons. The normalized spacial score (nSPS) is 11.7. The Morgan fingerprint density at radius 3 is 0.917 bits per heavy atom. The molecule has 0 bridgehead atoms. The number of carboxylic acids is 2. The third kappa shape index (κ3) is 11.1. The van der Waals surface area contributed by atoms with Crippen LogP contribution in [0.2, 0.25) is 20.1 Å². The average molecular weight is 901 g/mol. The van der Waals surface area contributed by atoms with E-state index in [0.717, 1.165) is 51.4 Å². The molecule has 8 nitrogen and oxygen atoms in total. The predicted octanol–water partition coefficient (Wildman–Crippen LogP) is 15.0. The Labute approximate surface area is 373 Å². The second-order valence-corrected chi connectivity index (χ2v) is 17.7. The molecule has 5 aromatic rings. The molecular formula is C48H58Cl4N2O6. The van der Waals surface area contributed by atoms with E-state index in [0.29, 0.717) is 18.5 Å². The first-order valence-corrected chi connectivity index (χ1v) is 23.5. The van der Waals surface area contributed by atoms with Gasteiger partial charge in [-0.25, -0.2) is 9.59 Å². The molecule has 0 saturated carbocycles. The van der Waals surface area contributed by atoms with Gasteiger partial charge >= 0.3 is 11.9 Å². The van der Waals surface area contributed by atoms with Crippen LogP contribution < -0.4 is 10.6 Å². The summed E-state index contributed by atoms with van der Waals surface area (Å²) in [5, 5.41) is 28.4. The number of unbranched alkanes of at least 4 members (excludes halogenated alkanes) is 18. The Balaban J connectivity index is 1.53. The topological polar surface area (TPSA) is 133 Å². The highest BCUT2D eigenvalue weighted by Crippen LogP contribution is 2.52. The molecule has 0 fully saturated rings. The molecule has 0 saturated heterocycles. The highest BCUT2D eigenvalue weighted by atomic mass is 35.5. The lowest BCUT2D eigenvalue weighted by atomic mass is 9.84. The summed E-state index contributed by atoms with van der Waals surface area (Å²) >= 11 is 28.1. The van der Waals surface area contributed by atoms with E-state index in [1.54, 1.807) is 0 Å². The van der Waals surface area contributed by atoms with Crippen molar-refractivity contribution in [2.24, 2.45) is 0 Å². The number of amides is 2. The van der Waals surface area contributed by atoms with Crippen LogP contribution in [-0.4, -0.2) is 47.1 Å². The van der Waals surface area contributed by atoms with Crippen LogP contribution in [0.4, 0.5) is 0 Å². The third-order valence-corrected chi connectivity index (χ3v) is 12.9. The largest absolute Gasteiger partial charge is 0.478 e. The highest BCUT2D eigenvalue weighted by molar-refractivity contribution is 6.55. The van der Waals surface area contributed by atoms with Crippen molar-refractivity contribution in [1.29, 1.82) is 0 Å². The number of hydrogen-bond donors (Lipinski definition) is 4. The van der Waals surface area contributed by atoms with Crippen LogP contribution >= 0.6 is 46.4 Å². The molecule has 5 rings (SSSR count). The van der Waals surface area contributed by atoms with Gasteiger partial charge in [0.05, 0.1) is 11.1 Å². The summed E-state index contributed by atoms with van der Waals surface area (Å²) in [6.07, 6.45) is 23.1. The number of fused-ring (bicyclic) bond motifs is 2. The fraction of sp³-hybridized carbons (Fsp3) is 0.500. The zero-order valence-electron chi connectivity index (χ0n) is 34.9. The summed E-state index contributed by atoms with van der Waals surface area (Å²) in [4.78, 5) is 53.6. The molecule has 0 aromatic heterocycles. The Hall–Kier alpha value is -3.56. The van der Waals surface area contributed by atoms with Gasteiger partial charge in [-0.15, -0.1) is 0 Å². The molecule has 60 heavy (non-hydrogen) atoms. The van der Waals surface area contributed by atoms with Crippen molar-refractivity contribution in [2.45, 2.75) is 142 Å². The number of halogens is 4. The van der Waals surface area contributed by atoms with E-state index in [1.165, 1.54) is 101 Å². The minimum absolute atomic E-state index is 0.0290. The molecule has 5 aromatic carbocycles. The number of carboxylic acid groups (broad SMARTS) is 2. The quantitative estimate of drug-likeness (QED) is 0.0248. The number of rotatable bonds is 26. The molecule has 0 spiro atoms. The highest BCUT2D eigenvalue weighted by Gasteiger charge is 2.31. The zero-order valence-corrected chi connectivity index (χ0v) is 37.9. The van der Waals surface area contributed by atoms with Crippen LogP contribution in [0.3, 0.4) is 0 Å². The molecule has 0 unspecified atom stereocenters. The predicted molar refractivity (Wildman–Crippen MR) is 250 cm³/mol. The summed E-state index contributed by atoms with van der Waals surface area (Å²) in [6, 6.07) is 5.36. The Kier molecular flexibility index (Phi) is 18.2. The number of hydrogen-bond acceptors (Lipinski definition) is 4. The van der Waals surface area contributed by atoms with Crippen LogP contribution in [0.25, 0.3) is 43.1 Å². The summed E-state index contributed by atoms with van der Waals surface area (Å²) in [5.41, 5.74) is -0.368. The van der Waals surface area contributed by atoms with Crippen LogP contribution in [0.5, 0.6) is 0 Å². The standard InChI is InChI=1S/C48H58Cl4N2O6/c1-3-5-7-9-11-13-15-17-19-21-23-53-45(55)29-25-33(49)39-41-35(51)27-31(47(57)58)38-32(48(59)60)28-36(52)42(44(38)41)40-34(50)26-30(37(29)43(39)40)46(56)54-24-22-20-18-16-14-12-10-8-6-4-2/h25-28H,3-24H2,1-2H3,(H,53,55)(H,54,56)(H,57,58)(H,59,60). The molecule has 0 heterocycles. The summed E-state index contributed by atoms with van der Waals surface area (Å²) in [6.45, 7) is 5.28. The van der Waals surface area contributed by atoms with Gasteiger partial charge in [-0.05, 0) is 37.1 Å². The van der Waals surface area contributed by atoms with E-state index in [4.69, 9.17) is 46.4 Å². The van der Waals surface area contributed by atoms with Gasteiger partial charge in [0.1, 0.15) is 0 Å². The van der Waals surface area contributed by atoms with Gasteiger partial charge in [-0.1, -0.05) is 176 Å². The third-order valence-electron chi connectivity index (χ3n) is 11.7. The molecule has 0 aliphatic rings. The summed E-state index contributed by atoms with van der Waals surface area (Å²) in [5.74, 6) is -3.63. The van der Waals surface area contributed by atoms with Crippen LogP contribution in [0.1, 0.15) is 184 Å². The number of nitrogens with one attached hydrogen (secondary N) is 2. The van der Waals surface area contributed by atoms with Gasteiger partial charge in [0.2, 0.25) is 0 Å². The average Bonchev–Trinajstić information content (AvgIpc) is 3.21. The Bertz CT molecular complexity index is 2170. The number of aromatic carboxylic acids is 2. The van der Waals surface area contributed by atoms with Gasteiger partial charge in [0, 0.05) is 87.4 Å². The monoisotopic (exact) mass is 898 g/mol. The minimum Gasteiger partial charge on any atom is -0.478 e. The Morgan fingerprint density at radius 2 is 0.633 bits per heavy atom. The zero-order chi connectivity index (χ0) is 43.3. The molecule has 2 amide bonds. The fourth-order valence-corrected chi connectivity index (χ4v) is 9.83. The SMILES string of the molecule is CCCCCCCCCCCCNC(=O)c1cc(Cl)c2c3c(Cl)cc(C(=O)O)c4c(C(=O)O)cc(Cl)c(c5c(Cl)cc(C(=O)NCCCCCCCCCCCC)c1c25)c43. The van der Waals surface area contributed by atoms with Gasteiger partial charge in [0.15, 0.2) is 0 Å². The molecule has 4 N–H and O–H groups in total. The summed E-state index contributed by atoms with van der Waals surface area (Å²) < 4.78 is 0. The number of carbonyl (C=O) groups is 4. The van der Waals surface area contributed by atoms with Crippen molar-refractivity contribution >= 4 is 113 Å². The van der Waals surface area contributed by atoms with Gasteiger partial charge in [-0.3, -0.25) is 9.59 Å². The molecule has 12 heteroatoms. The van der Waals surface area contributed by atoms with Crippen LogP contribution in [-0.2, 0) is 0 Å². The summed E-state index contributed by atoms with van der Waals surface area (Å²) in [7, 11) is 0. The maximum atomic E-state index is 14.2. The number of carbonyl (C=O) groups excluding carboxylic acids is 2. The molecule has 0 radical (unpaired) electrons. The Morgan fingerprint density at radius 1 is 0.383 bits per heavy atom. The smallest absolute Gasteiger partial charge is 0.336 e. The first-order valence-electron chi connectivity index (χ1n) is 22.0. The van der Waals surface area contributed by atoms with E-state index in [9.17, 15) is 29.4 Å². The maximum absolute atomic E-state index is 14.2. The van der Waals surface area contributed by atoms with Crippen LogP contribution in [0, 0.1) is 0 Å². The first kappa shape index (κ1) is 47.5. The lowest BCUT2D eigenvalue weighted by molar-refractivity contribution is 0.0695. The van der Waals surface area contributed by atoms with Crippen molar-refractivity contribution in [3.63, 3.8) is 0 Å². The van der Waals surface area contributed by atoms with E-state index in [1.807, 2.05) is 0 Å². The van der Waals surface area contributed by atoms with Crippen molar-refractivity contribution in [1.82, 2.24) is 10.6 Å². The molecule has 0 aliphatic carbocycles.